The summed E-state index contributed by atoms with van der Waals surface area (Å²) in [7, 11) is 1.43. The lowest BCUT2D eigenvalue weighted by Gasteiger charge is -2.00. The number of ether oxygens (including phenoxy) is 2. The van der Waals surface area contributed by atoms with Crippen LogP contribution in [-0.4, -0.2) is 25.7 Å². The Morgan fingerprint density at radius 1 is 1.25 bits per heavy atom. The molecule has 4 nitrogen and oxygen atoms in total. The van der Waals surface area contributed by atoms with Gasteiger partial charge in [-0.1, -0.05) is 31.4 Å². The fourth-order valence-corrected chi connectivity index (χ4v) is 2.05. The molecule has 1 aliphatic heterocycles. The lowest BCUT2D eigenvalue weighted by molar-refractivity contribution is -0.140. The molecule has 0 unspecified atom stereocenters. The van der Waals surface area contributed by atoms with E-state index in [0.717, 1.165) is 37.7 Å². The van der Waals surface area contributed by atoms with E-state index in [0.29, 0.717) is 19.4 Å². The fraction of sp³-hybridized carbons (Fsp3) is 0.625. The van der Waals surface area contributed by atoms with Crippen LogP contribution in [0.25, 0.3) is 0 Å². The summed E-state index contributed by atoms with van der Waals surface area (Å²) < 4.78 is 9.41. The van der Waals surface area contributed by atoms with Crippen molar-refractivity contribution in [3.63, 3.8) is 0 Å². The van der Waals surface area contributed by atoms with Crippen LogP contribution in [0.4, 0.5) is 0 Å². The molecule has 1 heterocycles. The highest BCUT2D eigenvalue weighted by Crippen LogP contribution is 2.12. The molecule has 1 rings (SSSR count). The highest BCUT2D eigenvalue weighted by Gasteiger charge is 2.14. The molecule has 20 heavy (non-hydrogen) atoms. The van der Waals surface area contributed by atoms with Gasteiger partial charge in [0.1, 0.15) is 6.61 Å². The van der Waals surface area contributed by atoms with Crippen LogP contribution in [0.1, 0.15) is 51.4 Å². The second kappa shape index (κ2) is 10.2. The lowest BCUT2D eigenvalue weighted by atomic mass is 10.1. The van der Waals surface area contributed by atoms with E-state index in [-0.39, 0.29) is 11.9 Å². The lowest BCUT2D eigenvalue weighted by Crippen LogP contribution is -1.99. The summed E-state index contributed by atoms with van der Waals surface area (Å²) in [6.45, 7) is 0.424. The summed E-state index contributed by atoms with van der Waals surface area (Å²) >= 11 is 0. The van der Waals surface area contributed by atoms with Gasteiger partial charge in [0.15, 0.2) is 0 Å². The van der Waals surface area contributed by atoms with Crippen molar-refractivity contribution in [2.24, 2.45) is 0 Å². The molecule has 0 aromatic carbocycles. The zero-order valence-electron chi connectivity index (χ0n) is 12.2. The summed E-state index contributed by atoms with van der Waals surface area (Å²) in [6.07, 6.45) is 13.7. The Kier molecular flexibility index (Phi) is 8.43. The molecule has 0 saturated carbocycles. The third-order valence-electron chi connectivity index (χ3n) is 3.29. The first-order valence-electron chi connectivity index (χ1n) is 7.32. The van der Waals surface area contributed by atoms with Crippen molar-refractivity contribution >= 4 is 11.9 Å². The number of unbranched alkanes of at least 4 members (excludes halogenated alkanes) is 5. The van der Waals surface area contributed by atoms with Crippen LogP contribution in [-0.2, 0) is 19.1 Å². The number of allylic oxidation sites excluding steroid dienone is 2. The van der Waals surface area contributed by atoms with Gasteiger partial charge < -0.3 is 9.47 Å². The van der Waals surface area contributed by atoms with Gasteiger partial charge in [0.05, 0.1) is 7.11 Å². The normalized spacial score (nSPS) is 14.4. The van der Waals surface area contributed by atoms with E-state index in [1.807, 2.05) is 12.2 Å². The minimum absolute atomic E-state index is 0.118. The first kappa shape index (κ1) is 16.5. The molecule has 0 aliphatic carbocycles. The van der Waals surface area contributed by atoms with E-state index in [2.05, 4.69) is 10.8 Å². The summed E-state index contributed by atoms with van der Waals surface area (Å²) in [6, 6.07) is 0. The SMILES string of the molecule is COC(=O)CCCCCCC/C=C/CC1=CCOC1=O. The molecule has 0 aromatic heterocycles. The van der Waals surface area contributed by atoms with Gasteiger partial charge >= 0.3 is 11.9 Å². The molecule has 0 fully saturated rings. The topological polar surface area (TPSA) is 52.6 Å². The number of hydrogen-bond donors (Lipinski definition) is 0. The molecule has 112 valence electrons. The molecule has 0 radical (unpaired) electrons. The standard InChI is InChI=1S/C16H24O4/c1-19-15(17)11-9-7-5-3-2-4-6-8-10-14-12-13-20-16(14)18/h6,8,12H,2-5,7,9-11,13H2,1H3/b8-6+. The second-order valence-electron chi connectivity index (χ2n) is 4.89. The number of cyclic esters (lactones) is 1. The predicted molar refractivity (Wildman–Crippen MR) is 77.1 cm³/mol. The molecular formula is C16H24O4. The number of carbonyl (C=O) groups excluding carboxylic acids is 2. The van der Waals surface area contributed by atoms with E-state index in [4.69, 9.17) is 4.74 Å². The van der Waals surface area contributed by atoms with Crippen molar-refractivity contribution in [2.75, 3.05) is 13.7 Å². The Morgan fingerprint density at radius 3 is 2.70 bits per heavy atom. The smallest absolute Gasteiger partial charge is 0.334 e. The number of esters is 2. The van der Waals surface area contributed by atoms with E-state index >= 15 is 0 Å². The highest BCUT2D eigenvalue weighted by atomic mass is 16.5. The van der Waals surface area contributed by atoms with Gasteiger partial charge in [-0.05, 0) is 31.8 Å². The zero-order chi connectivity index (χ0) is 14.6. The molecule has 4 heteroatoms. The molecule has 0 spiro atoms. The maximum absolute atomic E-state index is 11.2. The monoisotopic (exact) mass is 280 g/mol. The number of methoxy groups -OCH3 is 1. The van der Waals surface area contributed by atoms with E-state index in [9.17, 15) is 9.59 Å². The van der Waals surface area contributed by atoms with Crippen LogP contribution >= 0.6 is 0 Å². The molecule has 0 saturated heterocycles. The van der Waals surface area contributed by atoms with Gasteiger partial charge in [-0.25, -0.2) is 4.79 Å². The van der Waals surface area contributed by atoms with Crippen LogP contribution < -0.4 is 0 Å². The maximum Gasteiger partial charge on any atom is 0.334 e. The largest absolute Gasteiger partial charge is 0.469 e. The van der Waals surface area contributed by atoms with Crippen molar-refractivity contribution in [2.45, 2.75) is 51.4 Å². The third-order valence-corrected chi connectivity index (χ3v) is 3.29. The Hall–Kier alpha value is -1.58. The number of carbonyl (C=O) groups is 2. The van der Waals surface area contributed by atoms with Gasteiger partial charge in [0.2, 0.25) is 0 Å². The Bertz CT molecular complexity index is 369. The minimum Gasteiger partial charge on any atom is -0.469 e. The van der Waals surface area contributed by atoms with Crippen molar-refractivity contribution in [3.05, 3.63) is 23.8 Å². The first-order chi connectivity index (χ1) is 9.74. The van der Waals surface area contributed by atoms with Crippen molar-refractivity contribution in [1.29, 1.82) is 0 Å². The van der Waals surface area contributed by atoms with Crippen LogP contribution in [0.3, 0.4) is 0 Å². The van der Waals surface area contributed by atoms with Gasteiger partial charge in [-0.15, -0.1) is 0 Å². The van der Waals surface area contributed by atoms with Crippen molar-refractivity contribution < 1.29 is 19.1 Å². The summed E-state index contributed by atoms with van der Waals surface area (Å²) in [5.41, 5.74) is 0.768. The molecule has 0 bridgehead atoms. The number of hydrogen-bond acceptors (Lipinski definition) is 4. The summed E-state index contributed by atoms with van der Waals surface area (Å²) in [5, 5.41) is 0. The second-order valence-corrected chi connectivity index (χ2v) is 4.89. The van der Waals surface area contributed by atoms with Crippen LogP contribution in [0.15, 0.2) is 23.8 Å². The fourth-order valence-electron chi connectivity index (χ4n) is 2.05. The maximum atomic E-state index is 11.2. The summed E-state index contributed by atoms with van der Waals surface area (Å²) in [4.78, 5) is 22.0. The zero-order valence-corrected chi connectivity index (χ0v) is 12.2. The Morgan fingerprint density at radius 2 is 2.00 bits per heavy atom. The molecule has 0 N–H and O–H groups in total. The summed E-state index contributed by atoms with van der Waals surface area (Å²) in [5.74, 6) is -0.298. The molecule has 1 aliphatic rings. The Labute approximate surface area is 120 Å². The molecule has 0 atom stereocenters. The molecular weight excluding hydrogens is 256 g/mol. The van der Waals surface area contributed by atoms with Crippen LogP contribution in [0, 0.1) is 0 Å². The number of rotatable bonds is 10. The average molecular weight is 280 g/mol. The van der Waals surface area contributed by atoms with Gasteiger partial charge in [0.25, 0.3) is 0 Å². The van der Waals surface area contributed by atoms with Crippen molar-refractivity contribution in [3.8, 4) is 0 Å². The van der Waals surface area contributed by atoms with E-state index < -0.39 is 0 Å². The van der Waals surface area contributed by atoms with Crippen LogP contribution in [0.5, 0.6) is 0 Å². The van der Waals surface area contributed by atoms with Gasteiger partial charge in [-0.2, -0.15) is 0 Å². The third kappa shape index (κ3) is 7.12. The predicted octanol–water partition coefficient (Wildman–Crippen LogP) is 3.32. The van der Waals surface area contributed by atoms with E-state index in [1.165, 1.54) is 13.5 Å². The molecule has 0 amide bonds. The van der Waals surface area contributed by atoms with Crippen LogP contribution in [0.2, 0.25) is 0 Å². The average Bonchev–Trinajstić information content (AvgIpc) is 2.86. The van der Waals surface area contributed by atoms with Gasteiger partial charge in [-0.3, -0.25) is 4.79 Å². The quantitative estimate of drug-likeness (QED) is 0.350. The van der Waals surface area contributed by atoms with E-state index in [1.54, 1.807) is 0 Å². The highest BCUT2D eigenvalue weighted by molar-refractivity contribution is 5.90. The van der Waals surface area contributed by atoms with Crippen molar-refractivity contribution in [1.82, 2.24) is 0 Å². The van der Waals surface area contributed by atoms with Gasteiger partial charge in [0, 0.05) is 12.0 Å². The first-order valence-corrected chi connectivity index (χ1v) is 7.32. The molecule has 0 aromatic rings. The Balaban J connectivity index is 1.89. The minimum atomic E-state index is -0.180.